The molecule has 1 unspecified atom stereocenters. The van der Waals surface area contributed by atoms with Gasteiger partial charge >= 0.3 is 0 Å². The van der Waals surface area contributed by atoms with Crippen molar-refractivity contribution in [3.05, 3.63) is 42.0 Å². The highest BCUT2D eigenvalue weighted by Crippen LogP contribution is 2.15. The Hall–Kier alpha value is -2.45. The zero-order valence-corrected chi connectivity index (χ0v) is 15.5. The van der Waals surface area contributed by atoms with Gasteiger partial charge in [-0.05, 0) is 25.0 Å². The Labute approximate surface area is 158 Å². The second-order valence-corrected chi connectivity index (χ2v) is 6.36. The smallest absolute Gasteiger partial charge is 0.260 e. The van der Waals surface area contributed by atoms with Crippen LogP contribution in [0, 0.1) is 0 Å². The van der Waals surface area contributed by atoms with Gasteiger partial charge in [-0.3, -0.25) is 4.79 Å². The van der Waals surface area contributed by atoms with Crippen LogP contribution in [0.2, 0.25) is 0 Å². The first-order valence-corrected chi connectivity index (χ1v) is 9.12. The maximum Gasteiger partial charge on any atom is 0.260 e. The first-order valence-electron chi connectivity index (χ1n) is 9.12. The van der Waals surface area contributed by atoms with Gasteiger partial charge in [-0.25, -0.2) is 0 Å². The van der Waals surface area contributed by atoms with Crippen molar-refractivity contribution in [2.75, 3.05) is 33.4 Å². The Kier molecular flexibility index (Phi) is 7.18. The third-order valence-electron chi connectivity index (χ3n) is 4.29. The fourth-order valence-corrected chi connectivity index (χ4v) is 2.94. The van der Waals surface area contributed by atoms with Crippen LogP contribution >= 0.6 is 0 Å². The van der Waals surface area contributed by atoms with Crippen LogP contribution in [0.4, 0.5) is 0 Å². The number of methoxy groups -OCH3 is 1. The number of nitrogens with zero attached hydrogens (tertiary/aromatic N) is 3. The molecule has 2 aromatic rings. The minimum atomic E-state index is -0.0190. The Morgan fingerprint density at radius 3 is 3.00 bits per heavy atom. The highest BCUT2D eigenvalue weighted by Gasteiger charge is 2.24. The maximum atomic E-state index is 12.4. The number of amides is 1. The normalized spacial score (nSPS) is 17.1. The fourth-order valence-electron chi connectivity index (χ4n) is 2.94. The number of para-hydroxylation sites is 1. The summed E-state index contributed by atoms with van der Waals surface area (Å²) in [4.78, 5) is 18.4. The van der Waals surface area contributed by atoms with Crippen LogP contribution in [0.1, 0.15) is 24.6 Å². The summed E-state index contributed by atoms with van der Waals surface area (Å²) < 4.78 is 21.5. The number of piperidine rings is 1. The number of aromatic nitrogens is 2. The molecule has 1 aliphatic rings. The van der Waals surface area contributed by atoms with Crippen LogP contribution in [0.3, 0.4) is 0 Å². The molecule has 3 rings (SSSR count). The standard InChI is InChI=1S/C19H25N3O5/c1-24-13-18-20-17(21-27-18)9-11-25-16-8-5-10-22(12-16)19(23)14-26-15-6-3-2-4-7-15/h2-4,6-7,16H,5,8-14H2,1H3. The van der Waals surface area contributed by atoms with E-state index in [0.29, 0.717) is 43.6 Å². The molecule has 8 heteroatoms. The van der Waals surface area contributed by atoms with Crippen LogP contribution in [-0.2, 0) is 27.3 Å². The highest BCUT2D eigenvalue weighted by atomic mass is 16.5. The molecule has 1 saturated heterocycles. The number of likely N-dealkylation sites (tertiary alicyclic amines) is 1. The van der Waals surface area contributed by atoms with Crippen LogP contribution in [-0.4, -0.2) is 60.5 Å². The predicted molar refractivity (Wildman–Crippen MR) is 96.2 cm³/mol. The number of benzene rings is 1. The molecule has 1 amide bonds. The Morgan fingerprint density at radius 2 is 2.19 bits per heavy atom. The molecule has 0 saturated carbocycles. The topological polar surface area (TPSA) is 86.9 Å². The summed E-state index contributed by atoms with van der Waals surface area (Å²) in [7, 11) is 1.58. The van der Waals surface area contributed by atoms with Gasteiger partial charge in [0.05, 0.1) is 12.7 Å². The highest BCUT2D eigenvalue weighted by molar-refractivity contribution is 5.77. The summed E-state index contributed by atoms with van der Waals surface area (Å²) in [6.45, 7) is 2.15. The molecular formula is C19H25N3O5. The number of carbonyl (C=O) groups is 1. The van der Waals surface area contributed by atoms with Crippen molar-refractivity contribution in [2.24, 2.45) is 0 Å². The Balaban J connectivity index is 1.38. The van der Waals surface area contributed by atoms with Gasteiger partial charge in [-0.15, -0.1) is 0 Å². The molecule has 1 fully saturated rings. The SMILES string of the molecule is COCc1nc(CCOC2CCCN(C(=O)COc3ccccc3)C2)no1. The summed E-state index contributed by atoms with van der Waals surface area (Å²) in [6, 6.07) is 9.35. The van der Waals surface area contributed by atoms with Gasteiger partial charge in [0, 0.05) is 26.6 Å². The summed E-state index contributed by atoms with van der Waals surface area (Å²) in [5, 5.41) is 3.89. The van der Waals surface area contributed by atoms with E-state index < -0.39 is 0 Å². The second-order valence-electron chi connectivity index (χ2n) is 6.36. The minimum Gasteiger partial charge on any atom is -0.484 e. The van der Waals surface area contributed by atoms with Gasteiger partial charge in [0.1, 0.15) is 12.4 Å². The molecule has 1 aliphatic heterocycles. The number of hydrogen-bond donors (Lipinski definition) is 0. The van der Waals surface area contributed by atoms with Crippen molar-refractivity contribution in [1.29, 1.82) is 0 Å². The fraction of sp³-hybridized carbons (Fsp3) is 0.526. The van der Waals surface area contributed by atoms with Crippen LogP contribution in [0.25, 0.3) is 0 Å². The van der Waals surface area contributed by atoms with Crippen LogP contribution < -0.4 is 4.74 Å². The molecule has 2 heterocycles. The molecular weight excluding hydrogens is 350 g/mol. The molecule has 0 radical (unpaired) electrons. The second kappa shape index (κ2) is 10.0. The summed E-state index contributed by atoms with van der Waals surface area (Å²) in [5.41, 5.74) is 0. The summed E-state index contributed by atoms with van der Waals surface area (Å²) >= 11 is 0. The van der Waals surface area contributed by atoms with Crippen molar-refractivity contribution < 1.29 is 23.5 Å². The quantitative estimate of drug-likeness (QED) is 0.661. The molecule has 146 valence electrons. The van der Waals surface area contributed by atoms with Crippen LogP contribution in [0.5, 0.6) is 5.75 Å². The molecule has 1 aromatic carbocycles. The van der Waals surface area contributed by atoms with Crippen molar-refractivity contribution in [3.8, 4) is 5.75 Å². The van der Waals surface area contributed by atoms with Crippen molar-refractivity contribution in [1.82, 2.24) is 15.0 Å². The van der Waals surface area contributed by atoms with E-state index in [9.17, 15) is 4.79 Å². The van der Waals surface area contributed by atoms with Crippen molar-refractivity contribution in [3.63, 3.8) is 0 Å². The number of ether oxygens (including phenoxy) is 3. The number of rotatable bonds is 9. The zero-order chi connectivity index (χ0) is 18.9. The predicted octanol–water partition coefficient (Wildman–Crippen LogP) is 1.85. The third-order valence-corrected chi connectivity index (χ3v) is 4.29. The lowest BCUT2D eigenvalue weighted by Gasteiger charge is -2.32. The molecule has 1 atom stereocenters. The maximum absolute atomic E-state index is 12.4. The van der Waals surface area contributed by atoms with E-state index in [4.69, 9.17) is 18.7 Å². The lowest BCUT2D eigenvalue weighted by molar-refractivity contribution is -0.137. The van der Waals surface area contributed by atoms with E-state index in [2.05, 4.69) is 10.1 Å². The molecule has 0 bridgehead atoms. The van der Waals surface area contributed by atoms with Gasteiger partial charge in [-0.2, -0.15) is 4.98 Å². The molecule has 0 N–H and O–H groups in total. The minimum absolute atomic E-state index is 0.0183. The lowest BCUT2D eigenvalue weighted by Crippen LogP contribution is -2.45. The number of carbonyl (C=O) groups excluding carboxylic acids is 1. The first kappa shape index (κ1) is 19.3. The molecule has 27 heavy (non-hydrogen) atoms. The van der Waals surface area contributed by atoms with Gasteiger partial charge < -0.3 is 23.6 Å². The molecule has 1 aromatic heterocycles. The summed E-state index contributed by atoms with van der Waals surface area (Å²) in [6.07, 6.45) is 2.44. The lowest BCUT2D eigenvalue weighted by atomic mass is 10.1. The van der Waals surface area contributed by atoms with E-state index in [1.165, 1.54) is 0 Å². The first-order chi connectivity index (χ1) is 13.2. The monoisotopic (exact) mass is 375 g/mol. The van der Waals surface area contributed by atoms with E-state index in [1.807, 2.05) is 35.2 Å². The molecule has 8 nitrogen and oxygen atoms in total. The van der Waals surface area contributed by atoms with E-state index in [1.54, 1.807) is 7.11 Å². The number of hydrogen-bond acceptors (Lipinski definition) is 7. The van der Waals surface area contributed by atoms with E-state index in [-0.39, 0.29) is 18.6 Å². The molecule has 0 aliphatic carbocycles. The Morgan fingerprint density at radius 1 is 1.33 bits per heavy atom. The zero-order valence-electron chi connectivity index (χ0n) is 15.5. The van der Waals surface area contributed by atoms with Crippen LogP contribution in [0.15, 0.2) is 34.9 Å². The van der Waals surface area contributed by atoms with E-state index >= 15 is 0 Å². The largest absolute Gasteiger partial charge is 0.484 e. The average molecular weight is 375 g/mol. The Bertz CT molecular complexity index is 706. The van der Waals surface area contributed by atoms with Gasteiger partial charge in [0.25, 0.3) is 11.8 Å². The van der Waals surface area contributed by atoms with Gasteiger partial charge in [-0.1, -0.05) is 23.4 Å². The van der Waals surface area contributed by atoms with E-state index in [0.717, 1.165) is 19.4 Å². The molecule has 0 spiro atoms. The van der Waals surface area contributed by atoms with Gasteiger partial charge in [0.2, 0.25) is 0 Å². The van der Waals surface area contributed by atoms with Crippen molar-refractivity contribution in [2.45, 2.75) is 32.0 Å². The van der Waals surface area contributed by atoms with Crippen molar-refractivity contribution >= 4 is 5.91 Å². The third kappa shape index (κ3) is 6.04. The summed E-state index contributed by atoms with van der Waals surface area (Å²) in [5.74, 6) is 1.74. The van der Waals surface area contributed by atoms with Gasteiger partial charge in [0.15, 0.2) is 12.4 Å². The average Bonchev–Trinajstić information content (AvgIpc) is 3.15.